The van der Waals surface area contributed by atoms with Crippen molar-refractivity contribution in [2.75, 3.05) is 30.6 Å². The number of anilines is 2. The number of rotatable bonds is 8. The molecule has 0 bridgehead atoms. The van der Waals surface area contributed by atoms with Gasteiger partial charge in [-0.1, -0.05) is 40.8 Å². The van der Waals surface area contributed by atoms with E-state index in [9.17, 15) is 9.59 Å². The first-order chi connectivity index (χ1) is 14.5. The summed E-state index contributed by atoms with van der Waals surface area (Å²) in [6.07, 6.45) is 0. The summed E-state index contributed by atoms with van der Waals surface area (Å²) in [4.78, 5) is 24.6. The van der Waals surface area contributed by atoms with Gasteiger partial charge in [0.25, 0.3) is 5.91 Å². The molecule has 2 N–H and O–H groups in total. The Labute approximate surface area is 185 Å². The lowest BCUT2D eigenvalue weighted by atomic mass is 10.2. The van der Waals surface area contributed by atoms with E-state index in [0.29, 0.717) is 31.7 Å². The van der Waals surface area contributed by atoms with Crippen LogP contribution in [0.15, 0.2) is 46.8 Å². The number of methoxy groups -OCH3 is 2. The van der Waals surface area contributed by atoms with E-state index >= 15 is 0 Å². The number of halogens is 1. The van der Waals surface area contributed by atoms with Gasteiger partial charge in [-0.2, -0.15) is 0 Å². The second kappa shape index (κ2) is 10.3. The van der Waals surface area contributed by atoms with E-state index in [-0.39, 0.29) is 17.2 Å². The van der Waals surface area contributed by atoms with Crippen molar-refractivity contribution in [3.8, 4) is 11.5 Å². The molecule has 2 amide bonds. The quantitative estimate of drug-likeness (QED) is 0.380. The minimum Gasteiger partial charge on any atom is -0.497 e. The van der Waals surface area contributed by atoms with Crippen LogP contribution in [0.25, 0.3) is 0 Å². The molecular weight excluding hydrogens is 448 g/mol. The zero-order valence-electron chi connectivity index (χ0n) is 16.0. The molecule has 3 rings (SSSR count). The Kier molecular flexibility index (Phi) is 7.50. The Hall–Kier alpha value is -2.82. The van der Waals surface area contributed by atoms with Gasteiger partial charge < -0.3 is 14.8 Å². The molecule has 0 spiro atoms. The summed E-state index contributed by atoms with van der Waals surface area (Å²) < 4.78 is 10.9. The summed E-state index contributed by atoms with van der Waals surface area (Å²) in [7, 11) is 3.03. The Balaban J connectivity index is 1.55. The van der Waals surface area contributed by atoms with Gasteiger partial charge in [-0.3, -0.25) is 14.9 Å². The summed E-state index contributed by atoms with van der Waals surface area (Å²) in [6.45, 7) is 0. The van der Waals surface area contributed by atoms with Gasteiger partial charge in [0, 0.05) is 16.8 Å². The van der Waals surface area contributed by atoms with Crippen molar-refractivity contribution < 1.29 is 19.1 Å². The lowest BCUT2D eigenvalue weighted by Crippen LogP contribution is -2.13. The Morgan fingerprint density at radius 2 is 1.93 bits per heavy atom. The van der Waals surface area contributed by atoms with Crippen molar-refractivity contribution in [3.05, 3.63) is 53.1 Å². The van der Waals surface area contributed by atoms with E-state index in [1.165, 1.54) is 24.9 Å². The third-order valence-corrected chi connectivity index (χ3v) is 5.92. The van der Waals surface area contributed by atoms with Crippen LogP contribution < -0.4 is 20.1 Å². The number of carbonyl (C=O) groups is 2. The van der Waals surface area contributed by atoms with Crippen LogP contribution in [0.1, 0.15) is 10.4 Å². The maximum atomic E-state index is 12.5. The van der Waals surface area contributed by atoms with Crippen LogP contribution in [0, 0.1) is 0 Å². The van der Waals surface area contributed by atoms with Gasteiger partial charge in [0.05, 0.1) is 25.5 Å². The fraction of sp³-hybridized carbons (Fsp3) is 0.158. The topological polar surface area (TPSA) is 102 Å². The van der Waals surface area contributed by atoms with Gasteiger partial charge in [0.1, 0.15) is 11.5 Å². The SMILES string of the molecule is COc1cccc(NC(=O)CSc2nnc(NC(=O)c3cc(Cl)ccc3OC)s2)c1. The second-order valence-corrected chi connectivity index (χ2v) is 8.38. The molecule has 0 radical (unpaired) electrons. The second-order valence-electron chi connectivity index (χ2n) is 5.74. The van der Waals surface area contributed by atoms with Crippen LogP contribution in [0.5, 0.6) is 11.5 Å². The number of hydrogen-bond donors (Lipinski definition) is 2. The number of nitrogens with one attached hydrogen (secondary N) is 2. The molecule has 0 aliphatic rings. The van der Waals surface area contributed by atoms with Gasteiger partial charge in [-0.15, -0.1) is 10.2 Å². The van der Waals surface area contributed by atoms with E-state index in [4.69, 9.17) is 21.1 Å². The average molecular weight is 465 g/mol. The summed E-state index contributed by atoms with van der Waals surface area (Å²) >= 11 is 8.34. The predicted octanol–water partition coefficient (Wildman–Crippen LogP) is 4.19. The first-order valence-corrected chi connectivity index (χ1v) is 10.7. The highest BCUT2D eigenvalue weighted by Crippen LogP contribution is 2.28. The standard InChI is InChI=1S/C19H17ClN4O4S2/c1-27-13-5-3-4-12(9-13)21-16(25)10-29-19-24-23-18(30-19)22-17(26)14-8-11(20)6-7-15(14)28-2/h3-9H,10H2,1-2H3,(H,21,25)(H,22,23,26). The molecular formula is C19H17ClN4O4S2. The van der Waals surface area contributed by atoms with Crippen molar-refractivity contribution in [3.63, 3.8) is 0 Å². The summed E-state index contributed by atoms with van der Waals surface area (Å²) in [5.41, 5.74) is 0.924. The predicted molar refractivity (Wildman–Crippen MR) is 118 cm³/mol. The minimum absolute atomic E-state index is 0.141. The molecule has 3 aromatic rings. The van der Waals surface area contributed by atoms with Crippen molar-refractivity contribution in [2.24, 2.45) is 0 Å². The van der Waals surface area contributed by atoms with Gasteiger partial charge in [-0.05, 0) is 30.3 Å². The molecule has 0 unspecified atom stereocenters. The molecule has 0 saturated heterocycles. The zero-order valence-corrected chi connectivity index (χ0v) is 18.4. The summed E-state index contributed by atoms with van der Waals surface area (Å²) in [5, 5.41) is 14.1. The lowest BCUT2D eigenvalue weighted by molar-refractivity contribution is -0.113. The third kappa shape index (κ3) is 5.85. The van der Waals surface area contributed by atoms with Crippen molar-refractivity contribution >= 4 is 57.3 Å². The number of ether oxygens (including phenoxy) is 2. The van der Waals surface area contributed by atoms with Crippen molar-refractivity contribution in [1.82, 2.24) is 10.2 Å². The van der Waals surface area contributed by atoms with Gasteiger partial charge >= 0.3 is 0 Å². The molecule has 156 valence electrons. The number of amides is 2. The zero-order chi connectivity index (χ0) is 21.5. The Morgan fingerprint density at radius 1 is 1.10 bits per heavy atom. The van der Waals surface area contributed by atoms with E-state index < -0.39 is 5.91 Å². The molecule has 0 saturated carbocycles. The van der Waals surface area contributed by atoms with Crippen LogP contribution >= 0.6 is 34.7 Å². The van der Waals surface area contributed by atoms with Gasteiger partial charge in [-0.25, -0.2) is 0 Å². The number of carbonyl (C=O) groups excluding carboxylic acids is 2. The fourth-order valence-electron chi connectivity index (χ4n) is 2.37. The number of hydrogen-bond acceptors (Lipinski definition) is 8. The molecule has 2 aromatic carbocycles. The van der Waals surface area contributed by atoms with Crippen LogP contribution in [0.2, 0.25) is 5.02 Å². The number of nitrogens with zero attached hydrogens (tertiary/aromatic N) is 2. The van der Waals surface area contributed by atoms with E-state index in [1.807, 2.05) is 0 Å². The molecule has 0 aliphatic carbocycles. The monoisotopic (exact) mass is 464 g/mol. The molecule has 0 atom stereocenters. The number of aromatic nitrogens is 2. The molecule has 1 heterocycles. The maximum Gasteiger partial charge on any atom is 0.261 e. The van der Waals surface area contributed by atoms with E-state index in [0.717, 1.165) is 11.3 Å². The molecule has 0 fully saturated rings. The minimum atomic E-state index is -0.419. The normalized spacial score (nSPS) is 10.4. The van der Waals surface area contributed by atoms with Crippen LogP contribution in [0.3, 0.4) is 0 Å². The Bertz CT molecular complexity index is 1060. The highest BCUT2D eigenvalue weighted by Gasteiger charge is 2.16. The maximum absolute atomic E-state index is 12.5. The summed E-state index contributed by atoms with van der Waals surface area (Å²) in [5.74, 6) is 0.573. The Morgan fingerprint density at radius 3 is 2.70 bits per heavy atom. The van der Waals surface area contributed by atoms with Gasteiger partial charge in [0.2, 0.25) is 11.0 Å². The van der Waals surface area contributed by atoms with Crippen molar-refractivity contribution in [1.29, 1.82) is 0 Å². The number of benzene rings is 2. The molecule has 8 nitrogen and oxygen atoms in total. The fourth-order valence-corrected chi connectivity index (χ4v) is 4.09. The molecule has 30 heavy (non-hydrogen) atoms. The molecule has 1 aromatic heterocycles. The van der Waals surface area contributed by atoms with Crippen molar-refractivity contribution in [2.45, 2.75) is 4.34 Å². The first-order valence-electron chi connectivity index (χ1n) is 8.53. The molecule has 11 heteroatoms. The third-order valence-electron chi connectivity index (χ3n) is 3.71. The smallest absolute Gasteiger partial charge is 0.261 e. The number of thioether (sulfide) groups is 1. The lowest BCUT2D eigenvalue weighted by Gasteiger charge is -2.07. The van der Waals surface area contributed by atoms with Gasteiger partial charge in [0.15, 0.2) is 4.34 Å². The molecule has 0 aliphatic heterocycles. The van der Waals surface area contributed by atoms with Crippen LogP contribution in [-0.2, 0) is 4.79 Å². The van der Waals surface area contributed by atoms with Crippen LogP contribution in [-0.4, -0.2) is 42.0 Å². The first kappa shape index (κ1) is 21.9. The van der Waals surface area contributed by atoms with E-state index in [2.05, 4.69) is 20.8 Å². The van der Waals surface area contributed by atoms with E-state index in [1.54, 1.807) is 43.5 Å². The highest BCUT2D eigenvalue weighted by molar-refractivity contribution is 8.01. The average Bonchev–Trinajstić information content (AvgIpc) is 3.19. The largest absolute Gasteiger partial charge is 0.497 e. The summed E-state index contributed by atoms with van der Waals surface area (Å²) in [6, 6.07) is 11.8. The highest BCUT2D eigenvalue weighted by atomic mass is 35.5. The van der Waals surface area contributed by atoms with Crippen LogP contribution in [0.4, 0.5) is 10.8 Å².